The van der Waals surface area contributed by atoms with E-state index in [1.54, 1.807) is 0 Å². The highest BCUT2D eigenvalue weighted by Crippen LogP contribution is 2.41. The molecule has 0 N–H and O–H groups in total. The maximum atomic E-state index is 12.6. The molecule has 0 aromatic heterocycles. The molecule has 2 aromatic carbocycles. The molecule has 1 aliphatic carbocycles. The SMILES string of the molecule is CCN=c1ccc2c(-c3ccccc3C(=O)OCC)c3ccc(C)cc3oc-2c1. The molecule has 0 spiro atoms. The van der Waals surface area contributed by atoms with E-state index in [0.717, 1.165) is 44.3 Å². The minimum absolute atomic E-state index is 0.324. The first-order valence-corrected chi connectivity index (χ1v) is 9.86. The zero-order chi connectivity index (χ0) is 20.4. The van der Waals surface area contributed by atoms with Crippen LogP contribution in [0.2, 0.25) is 0 Å². The summed E-state index contributed by atoms with van der Waals surface area (Å²) in [5, 5.41) is 1.83. The Hall–Kier alpha value is -3.40. The lowest BCUT2D eigenvalue weighted by molar-refractivity contribution is 0.0527. The van der Waals surface area contributed by atoms with E-state index < -0.39 is 0 Å². The summed E-state index contributed by atoms with van der Waals surface area (Å²) in [5.41, 5.74) is 5.17. The molecule has 4 heteroatoms. The lowest BCUT2D eigenvalue weighted by atomic mass is 9.90. The molecule has 4 rings (SSSR count). The second-order valence-electron chi connectivity index (χ2n) is 6.90. The summed E-state index contributed by atoms with van der Waals surface area (Å²) < 4.78 is 11.6. The predicted octanol–water partition coefficient (Wildman–Crippen LogP) is 5.61. The molecular formula is C25H23NO3. The number of benzene rings is 3. The Labute approximate surface area is 169 Å². The largest absolute Gasteiger partial charge is 0.462 e. The van der Waals surface area contributed by atoms with Gasteiger partial charge in [-0.15, -0.1) is 0 Å². The van der Waals surface area contributed by atoms with E-state index in [1.807, 2.05) is 69.3 Å². The Morgan fingerprint density at radius 1 is 1.00 bits per heavy atom. The average Bonchev–Trinajstić information content (AvgIpc) is 2.72. The third-order valence-corrected chi connectivity index (χ3v) is 4.89. The van der Waals surface area contributed by atoms with Gasteiger partial charge in [-0.25, -0.2) is 4.79 Å². The van der Waals surface area contributed by atoms with Crippen LogP contribution in [0.4, 0.5) is 0 Å². The maximum Gasteiger partial charge on any atom is 0.338 e. The quantitative estimate of drug-likeness (QED) is 0.339. The summed E-state index contributed by atoms with van der Waals surface area (Å²) in [7, 11) is 0. The number of hydrogen-bond acceptors (Lipinski definition) is 4. The number of fused-ring (bicyclic) bond motifs is 2. The van der Waals surface area contributed by atoms with Gasteiger partial charge in [0.1, 0.15) is 11.3 Å². The molecule has 0 atom stereocenters. The zero-order valence-electron chi connectivity index (χ0n) is 16.9. The van der Waals surface area contributed by atoms with Crippen LogP contribution in [0.1, 0.15) is 29.8 Å². The van der Waals surface area contributed by atoms with Gasteiger partial charge in [-0.2, -0.15) is 0 Å². The van der Waals surface area contributed by atoms with E-state index in [4.69, 9.17) is 9.15 Å². The van der Waals surface area contributed by atoms with Crippen molar-refractivity contribution in [1.29, 1.82) is 0 Å². The van der Waals surface area contributed by atoms with Crippen LogP contribution in [0.5, 0.6) is 0 Å². The molecule has 146 valence electrons. The van der Waals surface area contributed by atoms with Crippen molar-refractivity contribution < 1.29 is 13.9 Å². The molecule has 0 unspecified atom stereocenters. The van der Waals surface area contributed by atoms with Crippen LogP contribution in [-0.4, -0.2) is 19.1 Å². The molecule has 2 aromatic rings. The number of nitrogens with zero attached hydrogens (tertiary/aromatic N) is 1. The fourth-order valence-corrected chi connectivity index (χ4v) is 3.65. The Morgan fingerprint density at radius 2 is 1.83 bits per heavy atom. The molecule has 1 heterocycles. The molecule has 0 fully saturated rings. The highest BCUT2D eigenvalue weighted by atomic mass is 16.5. The van der Waals surface area contributed by atoms with Gasteiger partial charge in [-0.1, -0.05) is 30.3 Å². The molecule has 0 saturated heterocycles. The van der Waals surface area contributed by atoms with Crippen LogP contribution >= 0.6 is 0 Å². The molecule has 29 heavy (non-hydrogen) atoms. The van der Waals surface area contributed by atoms with E-state index in [9.17, 15) is 4.79 Å². The second-order valence-corrected chi connectivity index (χ2v) is 6.90. The van der Waals surface area contributed by atoms with Gasteiger partial charge in [0, 0.05) is 29.1 Å². The fraction of sp³-hybridized carbons (Fsp3) is 0.200. The van der Waals surface area contributed by atoms with E-state index in [1.165, 1.54) is 0 Å². The number of rotatable bonds is 4. The molecule has 1 aliphatic heterocycles. The van der Waals surface area contributed by atoms with Crippen molar-refractivity contribution in [3.05, 3.63) is 77.1 Å². The van der Waals surface area contributed by atoms with Crippen LogP contribution in [0.3, 0.4) is 0 Å². The van der Waals surface area contributed by atoms with Gasteiger partial charge in [0.15, 0.2) is 0 Å². The van der Waals surface area contributed by atoms with E-state index in [2.05, 4.69) is 17.1 Å². The number of carbonyl (C=O) groups excluding carboxylic acids is 1. The van der Waals surface area contributed by atoms with E-state index >= 15 is 0 Å². The molecule has 0 radical (unpaired) electrons. The maximum absolute atomic E-state index is 12.6. The van der Waals surface area contributed by atoms with Crippen molar-refractivity contribution in [3.63, 3.8) is 0 Å². The summed E-state index contributed by atoms with van der Waals surface area (Å²) in [5.74, 6) is 0.418. The Balaban J connectivity index is 2.11. The summed E-state index contributed by atoms with van der Waals surface area (Å²) in [6, 6.07) is 19.7. The number of carbonyl (C=O) groups is 1. The lowest BCUT2D eigenvalue weighted by Gasteiger charge is -2.17. The minimum atomic E-state index is -0.324. The van der Waals surface area contributed by atoms with E-state index in [0.29, 0.717) is 18.7 Å². The second kappa shape index (κ2) is 7.92. The topological polar surface area (TPSA) is 51.8 Å². The van der Waals surface area contributed by atoms with Crippen LogP contribution in [0.15, 0.2) is 70.1 Å². The molecule has 0 saturated carbocycles. The minimum Gasteiger partial charge on any atom is -0.462 e. The van der Waals surface area contributed by atoms with Gasteiger partial charge in [0.25, 0.3) is 0 Å². The number of hydrogen-bond donors (Lipinski definition) is 0. The summed E-state index contributed by atoms with van der Waals surface area (Å²) in [6.07, 6.45) is 0. The summed E-state index contributed by atoms with van der Waals surface area (Å²) in [6.45, 7) is 6.89. The van der Waals surface area contributed by atoms with Gasteiger partial charge in [-0.3, -0.25) is 4.99 Å². The van der Waals surface area contributed by atoms with Crippen molar-refractivity contribution >= 4 is 16.9 Å². The van der Waals surface area contributed by atoms with Crippen LogP contribution in [-0.2, 0) is 4.74 Å². The van der Waals surface area contributed by atoms with Crippen molar-refractivity contribution in [2.24, 2.45) is 4.99 Å². The number of esters is 1. The van der Waals surface area contributed by atoms with Crippen LogP contribution < -0.4 is 5.36 Å². The van der Waals surface area contributed by atoms with Gasteiger partial charge in [-0.05, 0) is 56.2 Å². The summed E-state index contributed by atoms with van der Waals surface area (Å²) >= 11 is 0. The summed E-state index contributed by atoms with van der Waals surface area (Å²) in [4.78, 5) is 17.1. The zero-order valence-corrected chi connectivity index (χ0v) is 16.9. The van der Waals surface area contributed by atoms with Crippen LogP contribution in [0, 0.1) is 6.92 Å². The normalized spacial score (nSPS) is 11.9. The standard InChI is InChI=1S/C25H23NO3/c1-4-26-17-11-13-21-23(15-17)29-22-14-16(3)10-12-20(22)24(21)18-8-6-7-9-19(18)25(27)28-5-2/h6-15H,4-5H2,1-3H3. The highest BCUT2D eigenvalue weighted by Gasteiger charge is 2.21. The number of aryl methyl sites for hydroxylation is 1. The molecule has 2 aliphatic rings. The Kier molecular flexibility index (Phi) is 5.17. The third kappa shape index (κ3) is 3.54. The van der Waals surface area contributed by atoms with Gasteiger partial charge >= 0.3 is 5.97 Å². The third-order valence-electron chi connectivity index (χ3n) is 4.89. The monoisotopic (exact) mass is 385 g/mol. The van der Waals surface area contributed by atoms with Crippen molar-refractivity contribution in [3.8, 4) is 22.5 Å². The molecule has 0 amide bonds. The Bertz CT molecular complexity index is 1240. The molecular weight excluding hydrogens is 362 g/mol. The van der Waals surface area contributed by atoms with Crippen molar-refractivity contribution in [1.82, 2.24) is 0 Å². The van der Waals surface area contributed by atoms with Crippen molar-refractivity contribution in [2.45, 2.75) is 20.8 Å². The van der Waals surface area contributed by atoms with Gasteiger partial charge < -0.3 is 9.15 Å². The average molecular weight is 385 g/mol. The van der Waals surface area contributed by atoms with Gasteiger partial charge in [0.05, 0.1) is 17.5 Å². The highest BCUT2D eigenvalue weighted by molar-refractivity contribution is 6.07. The first-order valence-electron chi connectivity index (χ1n) is 9.86. The van der Waals surface area contributed by atoms with Crippen LogP contribution in [0.25, 0.3) is 33.4 Å². The first-order chi connectivity index (χ1) is 14.1. The smallest absolute Gasteiger partial charge is 0.338 e. The number of ether oxygens (including phenoxy) is 1. The predicted molar refractivity (Wildman–Crippen MR) is 115 cm³/mol. The first kappa shape index (κ1) is 18.9. The van der Waals surface area contributed by atoms with E-state index in [-0.39, 0.29) is 5.97 Å². The molecule has 0 bridgehead atoms. The Morgan fingerprint density at radius 3 is 2.62 bits per heavy atom. The fourth-order valence-electron chi connectivity index (χ4n) is 3.65. The van der Waals surface area contributed by atoms with Crippen molar-refractivity contribution in [2.75, 3.05) is 13.2 Å². The lowest BCUT2D eigenvalue weighted by Crippen LogP contribution is -2.08. The molecule has 4 nitrogen and oxygen atoms in total. The van der Waals surface area contributed by atoms with Gasteiger partial charge in [0.2, 0.25) is 0 Å².